The lowest BCUT2D eigenvalue weighted by molar-refractivity contribution is -0.139. The third-order valence-corrected chi connectivity index (χ3v) is 5.54. The van der Waals surface area contributed by atoms with Gasteiger partial charge in [-0.25, -0.2) is 13.1 Å². The van der Waals surface area contributed by atoms with Gasteiger partial charge in [0, 0.05) is 11.6 Å². The molecule has 134 valence electrons. The molecule has 2 N–H and O–H groups in total. The van der Waals surface area contributed by atoms with Gasteiger partial charge in [0.15, 0.2) is 5.60 Å². The first-order valence-electron chi connectivity index (χ1n) is 7.97. The molecule has 1 aliphatic rings. The van der Waals surface area contributed by atoms with Crippen molar-refractivity contribution >= 4 is 21.6 Å². The van der Waals surface area contributed by atoms with Crippen molar-refractivity contribution in [3.8, 4) is 0 Å². The molecule has 0 aliphatic carbocycles. The minimum atomic E-state index is -3.66. The van der Waals surface area contributed by atoms with E-state index >= 15 is 0 Å². The van der Waals surface area contributed by atoms with Crippen molar-refractivity contribution in [3.05, 3.63) is 23.8 Å². The fourth-order valence-electron chi connectivity index (χ4n) is 3.22. The molecule has 0 saturated carbocycles. The molecule has 0 fully saturated rings. The fraction of sp³-hybridized carbons (Fsp3) is 0.588. The SMILES string of the molecule is CNS(=O)(=O)c1ccc2c(c1)C(O)(CC(C)(C)C)C(=O)N2C(C)C. The summed E-state index contributed by atoms with van der Waals surface area (Å²) in [6, 6.07) is 4.32. The molecule has 0 radical (unpaired) electrons. The largest absolute Gasteiger partial charge is 0.375 e. The predicted octanol–water partition coefficient (Wildman–Crippen LogP) is 1.97. The summed E-state index contributed by atoms with van der Waals surface area (Å²) in [6.45, 7) is 9.53. The third kappa shape index (κ3) is 3.08. The minimum absolute atomic E-state index is 0.0366. The molecule has 0 aromatic heterocycles. The van der Waals surface area contributed by atoms with Crippen LogP contribution in [0, 0.1) is 5.41 Å². The molecular weight excluding hydrogens is 328 g/mol. The second kappa shape index (κ2) is 5.82. The van der Waals surface area contributed by atoms with Crippen molar-refractivity contribution < 1.29 is 18.3 Å². The molecule has 0 spiro atoms. The molecular formula is C17H26N2O4S. The maximum Gasteiger partial charge on any atom is 0.263 e. The van der Waals surface area contributed by atoms with Gasteiger partial charge in [0.05, 0.1) is 10.6 Å². The van der Waals surface area contributed by atoms with Crippen molar-refractivity contribution in [1.82, 2.24) is 4.72 Å². The fourth-order valence-corrected chi connectivity index (χ4v) is 3.97. The topological polar surface area (TPSA) is 86.7 Å². The Labute approximate surface area is 143 Å². The second-order valence-corrected chi connectivity index (χ2v) is 9.64. The molecule has 24 heavy (non-hydrogen) atoms. The Hall–Kier alpha value is -1.44. The van der Waals surface area contributed by atoms with Crippen molar-refractivity contribution in [1.29, 1.82) is 0 Å². The quantitative estimate of drug-likeness (QED) is 0.865. The molecule has 1 amide bonds. The van der Waals surface area contributed by atoms with E-state index in [2.05, 4.69) is 4.72 Å². The number of nitrogens with one attached hydrogen (secondary N) is 1. The minimum Gasteiger partial charge on any atom is -0.375 e. The van der Waals surface area contributed by atoms with E-state index in [-0.39, 0.29) is 22.8 Å². The number of carbonyl (C=O) groups excluding carboxylic acids is 1. The molecule has 2 rings (SSSR count). The van der Waals surface area contributed by atoms with E-state index in [9.17, 15) is 18.3 Å². The van der Waals surface area contributed by atoms with Gasteiger partial charge in [0.2, 0.25) is 10.0 Å². The number of fused-ring (bicyclic) bond motifs is 1. The molecule has 0 bridgehead atoms. The first kappa shape index (κ1) is 18.9. The number of hydrogen-bond acceptors (Lipinski definition) is 4. The van der Waals surface area contributed by atoms with Crippen LogP contribution in [0.25, 0.3) is 0 Å². The number of carbonyl (C=O) groups is 1. The van der Waals surface area contributed by atoms with Crippen molar-refractivity contribution in [2.75, 3.05) is 11.9 Å². The standard InChI is InChI=1S/C17H26N2O4S/c1-11(2)19-14-8-7-12(24(22,23)18-6)9-13(14)17(21,15(19)20)10-16(3,4)5/h7-9,11,18,21H,10H2,1-6H3. The van der Waals surface area contributed by atoms with E-state index in [0.29, 0.717) is 11.3 Å². The molecule has 1 aromatic rings. The van der Waals surface area contributed by atoms with E-state index in [1.807, 2.05) is 34.6 Å². The highest BCUT2D eigenvalue weighted by Gasteiger charge is 2.52. The van der Waals surface area contributed by atoms with E-state index in [0.717, 1.165) is 0 Å². The van der Waals surface area contributed by atoms with Crippen molar-refractivity contribution in [2.24, 2.45) is 5.41 Å². The summed E-state index contributed by atoms with van der Waals surface area (Å²) >= 11 is 0. The second-order valence-electron chi connectivity index (χ2n) is 7.75. The van der Waals surface area contributed by atoms with Crippen LogP contribution in [0.3, 0.4) is 0 Å². The maximum absolute atomic E-state index is 12.9. The summed E-state index contributed by atoms with van der Waals surface area (Å²) in [4.78, 5) is 14.5. The molecule has 1 atom stereocenters. The molecule has 1 heterocycles. The molecule has 1 aromatic carbocycles. The highest BCUT2D eigenvalue weighted by molar-refractivity contribution is 7.89. The van der Waals surface area contributed by atoms with Gasteiger partial charge in [-0.3, -0.25) is 4.79 Å². The summed E-state index contributed by atoms with van der Waals surface area (Å²) in [7, 11) is -2.33. The lowest BCUT2D eigenvalue weighted by Crippen LogP contribution is -2.45. The molecule has 1 unspecified atom stereocenters. The van der Waals surface area contributed by atoms with Crippen molar-refractivity contribution in [2.45, 2.75) is 57.6 Å². The van der Waals surface area contributed by atoms with Gasteiger partial charge in [0.1, 0.15) is 0 Å². The van der Waals surface area contributed by atoms with Crippen LogP contribution in [-0.2, 0) is 20.4 Å². The molecule has 1 aliphatic heterocycles. The number of hydrogen-bond donors (Lipinski definition) is 2. The first-order valence-corrected chi connectivity index (χ1v) is 9.46. The van der Waals surface area contributed by atoms with Crippen LogP contribution in [0.1, 0.15) is 46.6 Å². The summed E-state index contributed by atoms with van der Waals surface area (Å²) in [5.41, 5.74) is -1.12. The zero-order valence-corrected chi connectivity index (χ0v) is 15.9. The average molecular weight is 354 g/mol. The van der Waals surface area contributed by atoms with Crippen LogP contribution in [0.2, 0.25) is 0 Å². The zero-order valence-electron chi connectivity index (χ0n) is 15.0. The van der Waals surface area contributed by atoms with Crippen LogP contribution in [0.4, 0.5) is 5.69 Å². The molecule has 6 nitrogen and oxygen atoms in total. The van der Waals surface area contributed by atoms with E-state index in [1.54, 1.807) is 6.07 Å². The Morgan fingerprint density at radius 3 is 2.33 bits per heavy atom. The maximum atomic E-state index is 12.9. The summed E-state index contributed by atoms with van der Waals surface area (Å²) in [5, 5.41) is 11.2. The summed E-state index contributed by atoms with van der Waals surface area (Å²) < 4.78 is 26.5. The van der Waals surface area contributed by atoms with Gasteiger partial charge in [-0.15, -0.1) is 0 Å². The zero-order chi connectivity index (χ0) is 18.5. The van der Waals surface area contributed by atoms with Crippen LogP contribution in [0.5, 0.6) is 0 Å². The van der Waals surface area contributed by atoms with Gasteiger partial charge < -0.3 is 10.0 Å². The van der Waals surface area contributed by atoms with Crippen LogP contribution in [0.15, 0.2) is 23.1 Å². The number of nitrogens with zero attached hydrogens (tertiary/aromatic N) is 1. The summed E-state index contributed by atoms with van der Waals surface area (Å²) in [5.74, 6) is -0.401. The van der Waals surface area contributed by atoms with Crippen LogP contribution < -0.4 is 9.62 Å². The lowest BCUT2D eigenvalue weighted by Gasteiger charge is -2.31. The van der Waals surface area contributed by atoms with Crippen LogP contribution in [-0.4, -0.2) is 32.5 Å². The number of anilines is 1. The lowest BCUT2D eigenvalue weighted by atomic mass is 9.79. The number of sulfonamides is 1. The number of amides is 1. The Kier molecular flexibility index (Phi) is 4.58. The predicted molar refractivity (Wildman–Crippen MR) is 93.3 cm³/mol. The van der Waals surface area contributed by atoms with Gasteiger partial charge in [0.25, 0.3) is 5.91 Å². The Balaban J connectivity index is 2.71. The number of rotatable bonds is 4. The highest BCUT2D eigenvalue weighted by Crippen LogP contribution is 2.47. The van der Waals surface area contributed by atoms with Gasteiger partial charge in [-0.2, -0.15) is 0 Å². The highest BCUT2D eigenvalue weighted by atomic mass is 32.2. The average Bonchev–Trinajstić information content (AvgIpc) is 2.65. The first-order chi connectivity index (χ1) is 10.8. The third-order valence-electron chi connectivity index (χ3n) is 4.13. The Morgan fingerprint density at radius 1 is 1.29 bits per heavy atom. The van der Waals surface area contributed by atoms with E-state index < -0.39 is 21.5 Å². The molecule has 0 saturated heterocycles. The summed E-state index contributed by atoms with van der Waals surface area (Å²) in [6.07, 6.45) is 0.206. The van der Waals surface area contributed by atoms with Crippen LogP contribution >= 0.6 is 0 Å². The molecule has 7 heteroatoms. The van der Waals surface area contributed by atoms with Crippen molar-refractivity contribution in [3.63, 3.8) is 0 Å². The van der Waals surface area contributed by atoms with Gasteiger partial charge >= 0.3 is 0 Å². The van der Waals surface area contributed by atoms with E-state index in [1.165, 1.54) is 24.1 Å². The number of benzene rings is 1. The Bertz CT molecular complexity index is 765. The van der Waals surface area contributed by atoms with Gasteiger partial charge in [-0.1, -0.05) is 20.8 Å². The smallest absolute Gasteiger partial charge is 0.263 e. The monoisotopic (exact) mass is 354 g/mol. The van der Waals surface area contributed by atoms with E-state index in [4.69, 9.17) is 0 Å². The number of aliphatic hydroxyl groups is 1. The normalized spacial score (nSPS) is 21.5. The Morgan fingerprint density at radius 2 is 1.88 bits per heavy atom. The van der Waals surface area contributed by atoms with Gasteiger partial charge in [-0.05, 0) is 50.9 Å².